The Balaban J connectivity index is 1.66. The molecule has 0 spiro atoms. The van der Waals surface area contributed by atoms with Crippen molar-refractivity contribution in [3.8, 4) is 17.6 Å². The van der Waals surface area contributed by atoms with Crippen LogP contribution in [-0.2, 0) is 11.3 Å². The molecule has 1 fully saturated rings. The van der Waals surface area contributed by atoms with Gasteiger partial charge in [-0.3, -0.25) is 0 Å². The van der Waals surface area contributed by atoms with E-state index in [1.165, 1.54) is 51.4 Å². The number of nitriles is 1. The van der Waals surface area contributed by atoms with E-state index in [4.69, 9.17) is 14.2 Å². The Morgan fingerprint density at radius 3 is 2.17 bits per heavy atom. The van der Waals surface area contributed by atoms with Crippen molar-refractivity contribution in [2.24, 2.45) is 0 Å². The molecule has 0 amide bonds. The fourth-order valence-corrected chi connectivity index (χ4v) is 4.16. The zero-order chi connectivity index (χ0) is 21.2. The lowest BCUT2D eigenvalue weighted by molar-refractivity contribution is 0.0273. The maximum Gasteiger partial charge on any atom is 0.127 e. The minimum Gasteiger partial charge on any atom is -0.497 e. The van der Waals surface area contributed by atoms with Crippen LogP contribution in [0.25, 0.3) is 0 Å². The van der Waals surface area contributed by atoms with Gasteiger partial charge in [-0.2, -0.15) is 5.26 Å². The van der Waals surface area contributed by atoms with Gasteiger partial charge in [-0.05, 0) is 36.1 Å². The average molecular weight is 408 g/mol. The van der Waals surface area contributed by atoms with Gasteiger partial charge in [-0.1, -0.05) is 62.8 Å². The quantitative estimate of drug-likeness (QED) is 0.534. The molecule has 2 aromatic rings. The van der Waals surface area contributed by atoms with Crippen LogP contribution in [0.1, 0.15) is 74.0 Å². The summed E-state index contributed by atoms with van der Waals surface area (Å²) >= 11 is 0. The maximum atomic E-state index is 9.83. The molecule has 0 bridgehead atoms. The number of rotatable bonds is 7. The predicted molar refractivity (Wildman–Crippen MR) is 119 cm³/mol. The van der Waals surface area contributed by atoms with E-state index in [1.54, 1.807) is 14.2 Å². The lowest BCUT2D eigenvalue weighted by Gasteiger charge is -2.18. The molecule has 30 heavy (non-hydrogen) atoms. The Morgan fingerprint density at radius 2 is 1.57 bits per heavy atom. The van der Waals surface area contributed by atoms with Gasteiger partial charge in [0.25, 0.3) is 0 Å². The van der Waals surface area contributed by atoms with E-state index in [0.29, 0.717) is 24.2 Å². The Kier molecular flexibility index (Phi) is 8.59. The molecule has 0 heterocycles. The molecule has 0 saturated heterocycles. The lowest BCUT2D eigenvalue weighted by Crippen LogP contribution is -2.12. The predicted octanol–water partition coefficient (Wildman–Crippen LogP) is 6.38. The lowest BCUT2D eigenvalue weighted by atomic mass is 9.91. The third-order valence-corrected chi connectivity index (χ3v) is 5.98. The fraction of sp³-hybridized carbons (Fsp3) is 0.500. The van der Waals surface area contributed by atoms with Gasteiger partial charge in [-0.15, -0.1) is 0 Å². The van der Waals surface area contributed by atoms with Crippen LogP contribution in [0.4, 0.5) is 0 Å². The monoisotopic (exact) mass is 407 g/mol. The molecule has 1 aliphatic rings. The Labute approximate surface area is 180 Å². The SMILES string of the molecule is COc1ccc(C(C#N)c2ccc(COC3CCCCCCCC3)cc2)c(OC)c1. The normalized spacial score (nSPS) is 16.6. The van der Waals surface area contributed by atoms with Gasteiger partial charge < -0.3 is 14.2 Å². The van der Waals surface area contributed by atoms with E-state index in [1.807, 2.05) is 30.3 Å². The summed E-state index contributed by atoms with van der Waals surface area (Å²) in [6, 6.07) is 16.2. The first-order valence-corrected chi connectivity index (χ1v) is 11.1. The standard InChI is InChI=1S/C26H33NO3/c1-28-23-15-16-24(26(17-23)29-2)25(18-27)21-13-11-20(12-14-21)19-30-22-9-7-5-3-4-6-8-10-22/h11-17,22,25H,3-10,19H2,1-2H3. The topological polar surface area (TPSA) is 51.5 Å². The Hall–Kier alpha value is -2.51. The number of methoxy groups -OCH3 is 2. The molecule has 1 aliphatic carbocycles. The molecular weight excluding hydrogens is 374 g/mol. The first-order chi connectivity index (χ1) is 14.7. The van der Waals surface area contributed by atoms with Gasteiger partial charge in [0.05, 0.1) is 38.9 Å². The van der Waals surface area contributed by atoms with Crippen LogP contribution in [0.15, 0.2) is 42.5 Å². The third-order valence-electron chi connectivity index (χ3n) is 5.98. The number of hydrogen-bond acceptors (Lipinski definition) is 4. The van der Waals surface area contributed by atoms with E-state index in [0.717, 1.165) is 16.7 Å². The van der Waals surface area contributed by atoms with Crippen LogP contribution in [0.2, 0.25) is 0 Å². The largest absolute Gasteiger partial charge is 0.497 e. The second kappa shape index (κ2) is 11.6. The molecular formula is C26H33NO3. The van der Waals surface area contributed by atoms with Crippen LogP contribution < -0.4 is 9.47 Å². The summed E-state index contributed by atoms with van der Waals surface area (Å²) in [6.45, 7) is 0.633. The van der Waals surface area contributed by atoms with Crippen molar-refractivity contribution in [3.05, 3.63) is 59.2 Å². The molecule has 1 saturated carbocycles. The van der Waals surface area contributed by atoms with Gasteiger partial charge >= 0.3 is 0 Å². The van der Waals surface area contributed by atoms with Gasteiger partial charge in [0.1, 0.15) is 11.5 Å². The molecule has 4 heteroatoms. The van der Waals surface area contributed by atoms with Crippen molar-refractivity contribution in [3.63, 3.8) is 0 Å². The summed E-state index contributed by atoms with van der Waals surface area (Å²) in [5.41, 5.74) is 2.94. The van der Waals surface area contributed by atoms with Gasteiger partial charge in [-0.25, -0.2) is 0 Å². The Bertz CT molecular complexity index is 815. The number of nitrogens with zero attached hydrogens (tertiary/aromatic N) is 1. The van der Waals surface area contributed by atoms with Crippen LogP contribution in [-0.4, -0.2) is 20.3 Å². The summed E-state index contributed by atoms with van der Waals surface area (Å²) < 4.78 is 17.0. The molecule has 0 radical (unpaired) electrons. The molecule has 160 valence electrons. The van der Waals surface area contributed by atoms with E-state index < -0.39 is 5.92 Å². The van der Waals surface area contributed by atoms with Crippen LogP contribution in [0, 0.1) is 11.3 Å². The number of ether oxygens (including phenoxy) is 3. The average Bonchev–Trinajstić information content (AvgIpc) is 2.93. The Morgan fingerprint density at radius 1 is 0.900 bits per heavy atom. The van der Waals surface area contributed by atoms with Crippen molar-refractivity contribution in [1.82, 2.24) is 0 Å². The highest BCUT2D eigenvalue weighted by molar-refractivity contribution is 5.49. The maximum absolute atomic E-state index is 9.83. The number of hydrogen-bond donors (Lipinski definition) is 0. The molecule has 3 rings (SSSR count). The molecule has 1 unspecified atom stereocenters. The van der Waals surface area contributed by atoms with E-state index in [-0.39, 0.29) is 0 Å². The summed E-state index contributed by atoms with van der Waals surface area (Å²) in [5, 5.41) is 9.83. The van der Waals surface area contributed by atoms with Gasteiger partial charge in [0.2, 0.25) is 0 Å². The third kappa shape index (κ3) is 6.00. The molecule has 0 aliphatic heterocycles. The van der Waals surface area contributed by atoms with Crippen molar-refractivity contribution in [2.45, 2.75) is 70.0 Å². The highest BCUT2D eigenvalue weighted by atomic mass is 16.5. The molecule has 2 aromatic carbocycles. The molecule has 4 nitrogen and oxygen atoms in total. The van der Waals surface area contributed by atoms with Crippen molar-refractivity contribution in [2.75, 3.05) is 14.2 Å². The smallest absolute Gasteiger partial charge is 0.127 e. The number of benzene rings is 2. The van der Waals surface area contributed by atoms with Crippen LogP contribution in [0.5, 0.6) is 11.5 Å². The second-order valence-corrected chi connectivity index (χ2v) is 8.04. The van der Waals surface area contributed by atoms with Gasteiger partial charge in [0, 0.05) is 11.6 Å². The van der Waals surface area contributed by atoms with Crippen LogP contribution in [0.3, 0.4) is 0 Å². The van der Waals surface area contributed by atoms with E-state index in [2.05, 4.69) is 18.2 Å². The van der Waals surface area contributed by atoms with Crippen molar-refractivity contribution >= 4 is 0 Å². The van der Waals surface area contributed by atoms with Crippen molar-refractivity contribution < 1.29 is 14.2 Å². The van der Waals surface area contributed by atoms with Gasteiger partial charge in [0.15, 0.2) is 0 Å². The first-order valence-electron chi connectivity index (χ1n) is 11.1. The summed E-state index contributed by atoms with van der Waals surface area (Å²) in [5.74, 6) is 0.980. The summed E-state index contributed by atoms with van der Waals surface area (Å²) in [4.78, 5) is 0. The highest BCUT2D eigenvalue weighted by Crippen LogP contribution is 2.34. The first kappa shape index (κ1) is 22.2. The zero-order valence-electron chi connectivity index (χ0n) is 18.2. The minimum absolute atomic E-state index is 0.373. The van der Waals surface area contributed by atoms with E-state index in [9.17, 15) is 5.26 Å². The zero-order valence-corrected chi connectivity index (χ0v) is 18.2. The molecule has 1 atom stereocenters. The summed E-state index contributed by atoms with van der Waals surface area (Å²) in [7, 11) is 3.24. The van der Waals surface area contributed by atoms with Crippen LogP contribution >= 0.6 is 0 Å². The minimum atomic E-state index is -0.393. The fourth-order valence-electron chi connectivity index (χ4n) is 4.16. The molecule has 0 aromatic heterocycles. The van der Waals surface area contributed by atoms with E-state index >= 15 is 0 Å². The molecule has 0 N–H and O–H groups in total. The van der Waals surface area contributed by atoms with Crippen molar-refractivity contribution in [1.29, 1.82) is 5.26 Å². The second-order valence-electron chi connectivity index (χ2n) is 8.04. The summed E-state index contributed by atoms with van der Waals surface area (Å²) in [6.07, 6.45) is 10.7. The highest BCUT2D eigenvalue weighted by Gasteiger charge is 2.19.